The molecule has 1 fully saturated rings. The van der Waals surface area contributed by atoms with E-state index in [2.05, 4.69) is 20.6 Å². The van der Waals surface area contributed by atoms with Crippen LogP contribution in [0.25, 0.3) is 11.4 Å². The van der Waals surface area contributed by atoms with E-state index < -0.39 is 0 Å². The number of piperidine rings is 1. The highest BCUT2D eigenvalue weighted by Crippen LogP contribution is 2.19. The van der Waals surface area contributed by atoms with Crippen LogP contribution in [-0.4, -0.2) is 35.5 Å². The van der Waals surface area contributed by atoms with Gasteiger partial charge in [-0.15, -0.1) is 36.2 Å². The molecule has 3 heterocycles. The van der Waals surface area contributed by atoms with E-state index in [0.29, 0.717) is 6.54 Å². The molecule has 8 heteroatoms. The summed E-state index contributed by atoms with van der Waals surface area (Å²) in [4.78, 5) is 20.9. The second kappa shape index (κ2) is 10.6. The van der Waals surface area contributed by atoms with Gasteiger partial charge in [-0.05, 0) is 38.1 Å². The maximum atomic E-state index is 12.0. The van der Waals surface area contributed by atoms with Crippen molar-refractivity contribution in [3.8, 4) is 11.4 Å². The van der Waals surface area contributed by atoms with Gasteiger partial charge in [0, 0.05) is 30.5 Å². The van der Waals surface area contributed by atoms with Crippen LogP contribution in [0, 0.1) is 5.92 Å². The number of nitrogens with zero attached hydrogens (tertiary/aromatic N) is 2. The summed E-state index contributed by atoms with van der Waals surface area (Å²) in [6.45, 7) is 2.54. The number of hydrogen-bond donors (Lipinski definition) is 2. The quantitative estimate of drug-likeness (QED) is 0.825. The van der Waals surface area contributed by atoms with Crippen molar-refractivity contribution in [1.82, 2.24) is 20.6 Å². The van der Waals surface area contributed by atoms with Gasteiger partial charge in [-0.2, -0.15) is 0 Å². The number of thiazole rings is 1. The summed E-state index contributed by atoms with van der Waals surface area (Å²) in [5.41, 5.74) is 1.80. The van der Waals surface area contributed by atoms with Gasteiger partial charge in [0.05, 0.1) is 16.4 Å². The second-order valence-electron chi connectivity index (χ2n) is 5.41. The maximum Gasteiger partial charge on any atom is 0.223 e. The molecule has 0 bridgehead atoms. The molecule has 0 aromatic carbocycles. The van der Waals surface area contributed by atoms with Crippen molar-refractivity contribution in [2.45, 2.75) is 19.3 Å². The summed E-state index contributed by atoms with van der Waals surface area (Å²) in [7, 11) is 0. The maximum absolute atomic E-state index is 12.0. The standard InChI is InChI=1S/C16H20N4OS.2ClH/c21-16(12-4-8-17-9-5-12)19-10-6-15-20-14(11-22-15)13-3-1-2-7-18-13;;/h1-3,7,11-12,17H,4-6,8-10H2,(H,19,21);2*1H. The van der Waals surface area contributed by atoms with Gasteiger partial charge in [0.25, 0.3) is 0 Å². The predicted octanol–water partition coefficient (Wildman–Crippen LogP) is 2.71. The Hall–Kier alpha value is -1.21. The highest BCUT2D eigenvalue weighted by Gasteiger charge is 2.20. The monoisotopic (exact) mass is 388 g/mol. The number of hydrogen-bond acceptors (Lipinski definition) is 5. The molecule has 0 aliphatic carbocycles. The van der Waals surface area contributed by atoms with E-state index in [0.717, 1.165) is 48.7 Å². The minimum atomic E-state index is 0. The number of pyridine rings is 1. The fourth-order valence-electron chi connectivity index (χ4n) is 2.58. The Morgan fingerprint density at radius 3 is 2.75 bits per heavy atom. The van der Waals surface area contributed by atoms with E-state index in [1.807, 2.05) is 23.6 Å². The number of aromatic nitrogens is 2. The number of amides is 1. The van der Waals surface area contributed by atoms with E-state index >= 15 is 0 Å². The molecule has 2 aromatic rings. The number of nitrogens with one attached hydrogen (secondary N) is 2. The Balaban J connectivity index is 0.00000144. The summed E-state index contributed by atoms with van der Waals surface area (Å²) in [5, 5.41) is 9.36. The molecule has 0 spiro atoms. The molecular formula is C16H22Cl2N4OS. The fraction of sp³-hybridized carbons (Fsp3) is 0.438. The number of halogens is 2. The van der Waals surface area contributed by atoms with E-state index in [-0.39, 0.29) is 36.6 Å². The smallest absolute Gasteiger partial charge is 0.223 e. The molecule has 0 unspecified atom stereocenters. The summed E-state index contributed by atoms with van der Waals surface area (Å²) in [6.07, 6.45) is 4.42. The molecular weight excluding hydrogens is 367 g/mol. The number of carbonyl (C=O) groups is 1. The van der Waals surface area contributed by atoms with Crippen LogP contribution in [0.1, 0.15) is 17.8 Å². The van der Waals surface area contributed by atoms with Crippen molar-refractivity contribution < 1.29 is 4.79 Å². The van der Waals surface area contributed by atoms with E-state index in [1.54, 1.807) is 17.5 Å². The Bertz CT molecular complexity index is 618. The van der Waals surface area contributed by atoms with Crippen LogP contribution in [0.4, 0.5) is 0 Å². The van der Waals surface area contributed by atoms with E-state index in [1.165, 1.54) is 0 Å². The third-order valence-corrected chi connectivity index (χ3v) is 4.74. The average molecular weight is 389 g/mol. The van der Waals surface area contributed by atoms with E-state index in [4.69, 9.17) is 0 Å². The molecule has 3 rings (SSSR count). The van der Waals surface area contributed by atoms with Crippen molar-refractivity contribution in [1.29, 1.82) is 0 Å². The van der Waals surface area contributed by atoms with Crippen molar-refractivity contribution in [3.63, 3.8) is 0 Å². The van der Waals surface area contributed by atoms with Crippen molar-refractivity contribution in [2.24, 2.45) is 5.92 Å². The molecule has 1 saturated heterocycles. The lowest BCUT2D eigenvalue weighted by Crippen LogP contribution is -2.38. The van der Waals surface area contributed by atoms with Gasteiger partial charge in [0.2, 0.25) is 5.91 Å². The van der Waals surface area contributed by atoms with Gasteiger partial charge in [0.1, 0.15) is 0 Å². The normalized spacial score (nSPS) is 14.3. The van der Waals surface area contributed by atoms with Crippen LogP contribution in [0.2, 0.25) is 0 Å². The summed E-state index contributed by atoms with van der Waals surface area (Å²) < 4.78 is 0. The van der Waals surface area contributed by atoms with Crippen LogP contribution in [0.5, 0.6) is 0 Å². The highest BCUT2D eigenvalue weighted by atomic mass is 35.5. The zero-order valence-corrected chi connectivity index (χ0v) is 15.7. The minimum absolute atomic E-state index is 0. The molecule has 2 N–H and O–H groups in total. The average Bonchev–Trinajstić information content (AvgIpc) is 3.05. The van der Waals surface area contributed by atoms with E-state index in [9.17, 15) is 4.79 Å². The van der Waals surface area contributed by atoms with Gasteiger partial charge >= 0.3 is 0 Å². The van der Waals surface area contributed by atoms with Crippen LogP contribution >= 0.6 is 36.2 Å². The van der Waals surface area contributed by atoms with Gasteiger partial charge in [0.15, 0.2) is 0 Å². The van der Waals surface area contributed by atoms with Crippen molar-refractivity contribution >= 4 is 42.1 Å². The largest absolute Gasteiger partial charge is 0.355 e. The lowest BCUT2D eigenvalue weighted by atomic mass is 9.97. The number of carbonyl (C=O) groups excluding carboxylic acids is 1. The van der Waals surface area contributed by atoms with Crippen LogP contribution in [-0.2, 0) is 11.2 Å². The number of rotatable bonds is 5. The predicted molar refractivity (Wildman–Crippen MR) is 102 cm³/mol. The zero-order chi connectivity index (χ0) is 15.2. The summed E-state index contributed by atoms with van der Waals surface area (Å²) in [6, 6.07) is 5.81. The zero-order valence-electron chi connectivity index (χ0n) is 13.2. The molecule has 1 aliphatic rings. The lowest BCUT2D eigenvalue weighted by Gasteiger charge is -2.21. The Morgan fingerprint density at radius 2 is 2.04 bits per heavy atom. The molecule has 2 aromatic heterocycles. The fourth-order valence-corrected chi connectivity index (χ4v) is 3.37. The summed E-state index contributed by atoms with van der Waals surface area (Å²) in [5.74, 6) is 0.352. The molecule has 0 radical (unpaired) electrons. The molecule has 5 nitrogen and oxygen atoms in total. The third kappa shape index (κ3) is 5.70. The summed E-state index contributed by atoms with van der Waals surface area (Å²) >= 11 is 1.62. The van der Waals surface area contributed by atoms with Crippen molar-refractivity contribution in [2.75, 3.05) is 19.6 Å². The van der Waals surface area contributed by atoms with Crippen molar-refractivity contribution in [3.05, 3.63) is 34.8 Å². The highest BCUT2D eigenvalue weighted by molar-refractivity contribution is 7.09. The van der Waals surface area contributed by atoms with Gasteiger partial charge < -0.3 is 10.6 Å². The molecule has 0 atom stereocenters. The topological polar surface area (TPSA) is 66.9 Å². The Labute approximate surface area is 158 Å². The first-order valence-corrected chi connectivity index (χ1v) is 8.55. The lowest BCUT2D eigenvalue weighted by molar-refractivity contribution is -0.125. The van der Waals surface area contributed by atoms with Crippen LogP contribution in [0.3, 0.4) is 0 Å². The molecule has 132 valence electrons. The molecule has 1 aliphatic heterocycles. The Kier molecular flexibility index (Phi) is 9.21. The first-order chi connectivity index (χ1) is 10.8. The first-order valence-electron chi connectivity index (χ1n) is 7.67. The van der Waals surface area contributed by atoms with Gasteiger partial charge in [-0.25, -0.2) is 4.98 Å². The third-order valence-electron chi connectivity index (χ3n) is 3.83. The van der Waals surface area contributed by atoms with Crippen LogP contribution < -0.4 is 10.6 Å². The SMILES string of the molecule is Cl.Cl.O=C(NCCc1nc(-c2ccccn2)cs1)C1CCNCC1. The van der Waals surface area contributed by atoms with Gasteiger partial charge in [-0.3, -0.25) is 9.78 Å². The first kappa shape index (κ1) is 20.8. The van der Waals surface area contributed by atoms with Gasteiger partial charge in [-0.1, -0.05) is 6.07 Å². The second-order valence-corrected chi connectivity index (χ2v) is 6.35. The molecule has 24 heavy (non-hydrogen) atoms. The Morgan fingerprint density at radius 1 is 1.25 bits per heavy atom. The van der Waals surface area contributed by atoms with Crippen LogP contribution in [0.15, 0.2) is 29.8 Å². The molecule has 1 amide bonds. The molecule has 0 saturated carbocycles. The minimum Gasteiger partial charge on any atom is -0.355 e.